The van der Waals surface area contributed by atoms with Crippen molar-refractivity contribution in [1.82, 2.24) is 0 Å². The van der Waals surface area contributed by atoms with Crippen LogP contribution in [0.2, 0.25) is 5.02 Å². The topological polar surface area (TPSA) is 18.5 Å². The Balaban J connectivity index is 3.20. The lowest BCUT2D eigenvalue weighted by atomic mass is 9.90. The van der Waals surface area contributed by atoms with Crippen molar-refractivity contribution in [3.05, 3.63) is 22.7 Å². The smallest absolute Gasteiger partial charge is 0.145 e. The summed E-state index contributed by atoms with van der Waals surface area (Å²) in [5.74, 6) is 2.36. The molecule has 0 saturated heterocycles. The number of benzene rings is 1. The van der Waals surface area contributed by atoms with Crippen LogP contribution in [0.4, 0.5) is 0 Å². The molecule has 0 heterocycles. The van der Waals surface area contributed by atoms with E-state index in [1.807, 2.05) is 12.1 Å². The lowest BCUT2D eigenvalue weighted by Crippen LogP contribution is -2.11. The summed E-state index contributed by atoms with van der Waals surface area (Å²) >= 11 is 10.0. The Morgan fingerprint density at radius 2 is 1.72 bits per heavy atom. The van der Waals surface area contributed by atoms with Gasteiger partial charge in [-0.15, -0.1) is 0 Å². The fourth-order valence-electron chi connectivity index (χ4n) is 1.76. The summed E-state index contributed by atoms with van der Waals surface area (Å²) in [6.07, 6.45) is 0. The summed E-state index contributed by atoms with van der Waals surface area (Å²) in [5.41, 5.74) is 1.06. The second-order valence-corrected chi connectivity index (χ2v) is 6.07. The third kappa shape index (κ3) is 3.12. The van der Waals surface area contributed by atoms with Crippen molar-refractivity contribution in [3.63, 3.8) is 0 Å². The van der Waals surface area contributed by atoms with E-state index < -0.39 is 0 Å². The predicted molar refractivity (Wildman–Crippen MR) is 80.2 cm³/mol. The van der Waals surface area contributed by atoms with Crippen molar-refractivity contribution in [2.45, 2.75) is 25.6 Å². The van der Waals surface area contributed by atoms with Crippen LogP contribution in [0, 0.1) is 11.8 Å². The van der Waals surface area contributed by atoms with Crippen molar-refractivity contribution in [1.29, 1.82) is 0 Å². The first-order valence-electron chi connectivity index (χ1n) is 5.98. The van der Waals surface area contributed by atoms with Gasteiger partial charge in [0, 0.05) is 10.4 Å². The van der Waals surface area contributed by atoms with Crippen LogP contribution in [0.25, 0.3) is 0 Å². The van der Waals surface area contributed by atoms with E-state index in [1.54, 1.807) is 14.2 Å². The monoisotopic (exact) mass is 334 g/mol. The van der Waals surface area contributed by atoms with Gasteiger partial charge in [-0.3, -0.25) is 0 Å². The number of hydrogen-bond donors (Lipinski definition) is 0. The van der Waals surface area contributed by atoms with Crippen LogP contribution in [-0.4, -0.2) is 14.2 Å². The van der Waals surface area contributed by atoms with Crippen LogP contribution in [0.3, 0.4) is 0 Å². The summed E-state index contributed by atoms with van der Waals surface area (Å²) in [5, 5.41) is 0.526. The largest absolute Gasteiger partial charge is 0.495 e. The number of alkyl halides is 1. The van der Waals surface area contributed by atoms with Gasteiger partial charge in [0.1, 0.15) is 16.5 Å². The van der Waals surface area contributed by atoms with Gasteiger partial charge in [0.05, 0.1) is 14.2 Å². The van der Waals surface area contributed by atoms with Gasteiger partial charge in [-0.25, -0.2) is 0 Å². The van der Waals surface area contributed by atoms with Gasteiger partial charge < -0.3 is 9.47 Å². The summed E-state index contributed by atoms with van der Waals surface area (Å²) < 4.78 is 10.6. The highest BCUT2D eigenvalue weighted by Crippen LogP contribution is 2.45. The van der Waals surface area contributed by atoms with Crippen LogP contribution in [-0.2, 0) is 0 Å². The van der Waals surface area contributed by atoms with Gasteiger partial charge in [-0.2, -0.15) is 0 Å². The zero-order valence-corrected chi connectivity index (χ0v) is 13.8. The molecule has 18 heavy (non-hydrogen) atoms. The van der Waals surface area contributed by atoms with Crippen molar-refractivity contribution < 1.29 is 9.47 Å². The molecule has 0 spiro atoms. The summed E-state index contributed by atoms with van der Waals surface area (Å²) in [4.78, 5) is 0.204. The van der Waals surface area contributed by atoms with E-state index in [0.29, 0.717) is 28.4 Å². The second kappa shape index (κ2) is 6.67. The minimum Gasteiger partial charge on any atom is -0.495 e. The Bertz CT molecular complexity index is 407. The molecule has 102 valence electrons. The predicted octanol–water partition coefficient (Wildman–Crippen LogP) is 5.09. The number of rotatable bonds is 5. The number of ether oxygens (including phenoxy) is 2. The van der Waals surface area contributed by atoms with Gasteiger partial charge >= 0.3 is 0 Å². The van der Waals surface area contributed by atoms with Gasteiger partial charge in [-0.1, -0.05) is 54.4 Å². The third-order valence-electron chi connectivity index (χ3n) is 3.33. The molecule has 2 unspecified atom stereocenters. The number of halogens is 2. The first-order valence-corrected chi connectivity index (χ1v) is 7.27. The summed E-state index contributed by atoms with van der Waals surface area (Å²) in [7, 11) is 3.23. The van der Waals surface area contributed by atoms with E-state index in [1.165, 1.54) is 0 Å². The van der Waals surface area contributed by atoms with Crippen LogP contribution in [0.15, 0.2) is 12.1 Å². The molecule has 0 N–H and O–H groups in total. The molecule has 0 aliphatic carbocycles. The maximum absolute atomic E-state index is 6.27. The van der Waals surface area contributed by atoms with Gasteiger partial charge in [0.15, 0.2) is 0 Å². The fraction of sp³-hybridized carbons (Fsp3) is 0.571. The molecule has 1 aromatic carbocycles. The Labute approximate surface area is 123 Å². The Kier molecular flexibility index (Phi) is 5.80. The average molecular weight is 336 g/mol. The third-order valence-corrected chi connectivity index (χ3v) is 5.01. The normalized spacial score (nSPS) is 14.4. The average Bonchev–Trinajstić information content (AvgIpc) is 2.36. The number of hydrogen-bond acceptors (Lipinski definition) is 2. The molecule has 0 saturated carbocycles. The quantitative estimate of drug-likeness (QED) is 0.698. The Hall–Kier alpha value is -0.410. The van der Waals surface area contributed by atoms with Crippen LogP contribution in [0.5, 0.6) is 11.5 Å². The fourth-order valence-corrected chi connectivity index (χ4v) is 3.05. The molecule has 2 atom stereocenters. The molecule has 0 radical (unpaired) electrons. The van der Waals surface area contributed by atoms with Crippen molar-refractivity contribution in [2.75, 3.05) is 14.2 Å². The summed E-state index contributed by atoms with van der Waals surface area (Å²) in [6.45, 7) is 6.62. The lowest BCUT2D eigenvalue weighted by Gasteiger charge is -2.24. The van der Waals surface area contributed by atoms with Gasteiger partial charge in [-0.05, 0) is 17.9 Å². The molecule has 1 aromatic rings. The standard InChI is InChI=1S/C14H20BrClO2/c1-8(2)9(3)12(15)10-6-7-11(17-4)13(16)14(10)18-5/h6-9,12H,1-5H3. The van der Waals surface area contributed by atoms with Crippen molar-refractivity contribution in [2.24, 2.45) is 11.8 Å². The molecular formula is C14H20BrClO2. The van der Waals surface area contributed by atoms with E-state index in [4.69, 9.17) is 21.1 Å². The molecule has 2 nitrogen and oxygen atoms in total. The highest BCUT2D eigenvalue weighted by Gasteiger charge is 2.24. The second-order valence-electron chi connectivity index (χ2n) is 4.71. The van der Waals surface area contributed by atoms with Crippen LogP contribution >= 0.6 is 27.5 Å². The molecule has 0 aromatic heterocycles. The summed E-state index contributed by atoms with van der Waals surface area (Å²) in [6, 6.07) is 3.88. The maximum atomic E-state index is 6.27. The Morgan fingerprint density at radius 1 is 1.11 bits per heavy atom. The number of methoxy groups -OCH3 is 2. The zero-order valence-electron chi connectivity index (χ0n) is 11.5. The maximum Gasteiger partial charge on any atom is 0.145 e. The molecule has 1 rings (SSSR count). The first kappa shape index (κ1) is 15.6. The van der Waals surface area contributed by atoms with Crippen molar-refractivity contribution in [3.8, 4) is 11.5 Å². The molecule has 0 aliphatic rings. The van der Waals surface area contributed by atoms with Gasteiger partial charge in [0.2, 0.25) is 0 Å². The molecule has 4 heteroatoms. The SMILES string of the molecule is COc1ccc(C(Br)C(C)C(C)C)c(OC)c1Cl. The van der Waals surface area contributed by atoms with E-state index in [2.05, 4.69) is 36.7 Å². The molecule has 0 amide bonds. The molecule has 0 aliphatic heterocycles. The minimum atomic E-state index is 0.204. The van der Waals surface area contributed by atoms with E-state index >= 15 is 0 Å². The van der Waals surface area contributed by atoms with Crippen LogP contribution < -0.4 is 9.47 Å². The molecular weight excluding hydrogens is 316 g/mol. The minimum absolute atomic E-state index is 0.204. The van der Waals surface area contributed by atoms with E-state index in [-0.39, 0.29) is 4.83 Å². The van der Waals surface area contributed by atoms with E-state index in [9.17, 15) is 0 Å². The Morgan fingerprint density at radius 3 is 2.17 bits per heavy atom. The molecule has 0 bridgehead atoms. The van der Waals surface area contributed by atoms with E-state index in [0.717, 1.165) is 5.56 Å². The van der Waals surface area contributed by atoms with Crippen molar-refractivity contribution >= 4 is 27.5 Å². The lowest BCUT2D eigenvalue weighted by molar-refractivity contribution is 0.376. The zero-order chi connectivity index (χ0) is 13.9. The first-order chi connectivity index (χ1) is 8.43. The van der Waals surface area contributed by atoms with Gasteiger partial charge in [0.25, 0.3) is 0 Å². The highest BCUT2D eigenvalue weighted by molar-refractivity contribution is 9.09. The molecule has 0 fully saturated rings. The highest BCUT2D eigenvalue weighted by atomic mass is 79.9. The van der Waals surface area contributed by atoms with Crippen LogP contribution in [0.1, 0.15) is 31.2 Å².